The lowest BCUT2D eigenvalue weighted by atomic mass is 10.1. The number of amides is 1. The van der Waals surface area contributed by atoms with Gasteiger partial charge >= 0.3 is 0 Å². The van der Waals surface area contributed by atoms with Gasteiger partial charge in [0.15, 0.2) is 5.82 Å². The number of aromatic nitrogens is 2. The van der Waals surface area contributed by atoms with E-state index in [2.05, 4.69) is 15.0 Å². The van der Waals surface area contributed by atoms with Gasteiger partial charge in [-0.25, -0.2) is 0 Å². The summed E-state index contributed by atoms with van der Waals surface area (Å²) in [5.41, 5.74) is 0.828. The highest BCUT2D eigenvalue weighted by Crippen LogP contribution is 2.26. The van der Waals surface area contributed by atoms with Gasteiger partial charge in [-0.2, -0.15) is 4.98 Å². The van der Waals surface area contributed by atoms with Gasteiger partial charge in [-0.15, -0.1) is 11.3 Å². The normalized spacial score (nSPS) is 14.8. The number of ether oxygens (including phenoxy) is 2. The van der Waals surface area contributed by atoms with Gasteiger partial charge in [0.05, 0.1) is 25.6 Å². The Hall–Kier alpha value is -3.17. The summed E-state index contributed by atoms with van der Waals surface area (Å²) >= 11 is 1.57. The quantitative estimate of drug-likeness (QED) is 0.522. The van der Waals surface area contributed by atoms with Crippen LogP contribution in [0.5, 0.6) is 11.5 Å². The van der Waals surface area contributed by atoms with Crippen LogP contribution < -0.4 is 9.47 Å². The number of rotatable bonds is 7. The summed E-state index contributed by atoms with van der Waals surface area (Å²) in [5, 5.41) is 6.06. The molecule has 1 fully saturated rings. The smallest absolute Gasteiger partial charge is 0.268 e. The van der Waals surface area contributed by atoms with E-state index in [-0.39, 0.29) is 5.91 Å². The number of piperazine rings is 1. The highest BCUT2D eigenvalue weighted by molar-refractivity contribution is 7.13. The van der Waals surface area contributed by atoms with Crippen LogP contribution in [-0.2, 0) is 11.3 Å². The first-order valence-corrected chi connectivity index (χ1v) is 10.8. The fourth-order valence-electron chi connectivity index (χ4n) is 3.37. The van der Waals surface area contributed by atoms with E-state index in [0.29, 0.717) is 42.8 Å². The molecule has 0 bridgehead atoms. The summed E-state index contributed by atoms with van der Waals surface area (Å²) in [4.78, 5) is 22.1. The molecule has 9 heteroatoms. The molecule has 1 aromatic carbocycles. The average molecular weight is 441 g/mol. The Morgan fingerprint density at radius 1 is 1.19 bits per heavy atom. The van der Waals surface area contributed by atoms with Gasteiger partial charge in [0.1, 0.15) is 11.5 Å². The Bertz CT molecular complexity index is 1040. The lowest BCUT2D eigenvalue weighted by molar-refractivity contribution is -0.127. The van der Waals surface area contributed by atoms with E-state index in [9.17, 15) is 4.79 Å². The predicted molar refractivity (Wildman–Crippen MR) is 118 cm³/mol. The predicted octanol–water partition coefficient (Wildman–Crippen LogP) is 3.17. The minimum Gasteiger partial charge on any atom is -0.497 e. The molecule has 1 aliphatic rings. The maximum atomic E-state index is 12.6. The number of thiophene rings is 1. The van der Waals surface area contributed by atoms with E-state index in [0.717, 1.165) is 23.5 Å². The van der Waals surface area contributed by atoms with Gasteiger partial charge in [0.2, 0.25) is 5.91 Å². The van der Waals surface area contributed by atoms with Gasteiger partial charge in [0.25, 0.3) is 5.89 Å². The first-order valence-electron chi connectivity index (χ1n) is 9.94. The van der Waals surface area contributed by atoms with Crippen LogP contribution in [0, 0.1) is 0 Å². The molecule has 3 aromatic rings. The fourth-order valence-corrected chi connectivity index (χ4v) is 4.01. The minimum atomic E-state index is -0.0166. The zero-order chi connectivity index (χ0) is 21.6. The molecule has 1 amide bonds. The van der Waals surface area contributed by atoms with Crippen molar-refractivity contribution >= 4 is 23.3 Å². The number of hydrogen-bond donors (Lipinski definition) is 0. The van der Waals surface area contributed by atoms with E-state index in [1.54, 1.807) is 43.8 Å². The summed E-state index contributed by atoms with van der Waals surface area (Å²) in [6.45, 7) is 3.43. The molecule has 0 N–H and O–H groups in total. The van der Waals surface area contributed by atoms with Gasteiger partial charge in [-0.05, 0) is 29.7 Å². The van der Waals surface area contributed by atoms with Crippen molar-refractivity contribution in [1.82, 2.24) is 19.9 Å². The van der Waals surface area contributed by atoms with Crippen LogP contribution in [0.15, 0.2) is 46.3 Å². The molecular formula is C22H24N4O4S. The molecule has 1 saturated heterocycles. The third-order valence-corrected chi connectivity index (χ3v) is 5.95. The highest BCUT2D eigenvalue weighted by Gasteiger charge is 2.21. The Kier molecular flexibility index (Phi) is 6.63. The molecule has 0 unspecified atom stereocenters. The molecule has 2 aromatic heterocycles. The first kappa shape index (κ1) is 21.1. The number of hydrogen-bond acceptors (Lipinski definition) is 8. The molecular weight excluding hydrogens is 416 g/mol. The lowest BCUT2D eigenvalue weighted by Crippen LogP contribution is -2.47. The SMILES string of the molecule is COc1ccc(C=CC(=O)N2CCN(Cc3noc(-c4cccs4)n3)CC2)c(OC)c1. The zero-order valence-electron chi connectivity index (χ0n) is 17.5. The van der Waals surface area contributed by atoms with Crippen molar-refractivity contribution in [3.63, 3.8) is 0 Å². The highest BCUT2D eigenvalue weighted by atomic mass is 32.1. The van der Waals surface area contributed by atoms with Crippen molar-refractivity contribution in [1.29, 1.82) is 0 Å². The van der Waals surface area contributed by atoms with Crippen molar-refractivity contribution in [3.8, 4) is 22.3 Å². The molecule has 0 spiro atoms. The first-order chi connectivity index (χ1) is 15.2. The van der Waals surface area contributed by atoms with E-state index in [1.165, 1.54) is 0 Å². The summed E-state index contributed by atoms with van der Waals surface area (Å²) in [6.07, 6.45) is 3.37. The monoisotopic (exact) mass is 440 g/mol. The maximum Gasteiger partial charge on any atom is 0.268 e. The molecule has 0 radical (unpaired) electrons. The van der Waals surface area contributed by atoms with Gasteiger partial charge < -0.3 is 18.9 Å². The third kappa shape index (κ3) is 5.12. The zero-order valence-corrected chi connectivity index (χ0v) is 18.3. The van der Waals surface area contributed by atoms with Crippen LogP contribution in [-0.4, -0.2) is 66.2 Å². The van der Waals surface area contributed by atoms with E-state index < -0.39 is 0 Å². The van der Waals surface area contributed by atoms with Gasteiger partial charge in [-0.1, -0.05) is 11.2 Å². The maximum absolute atomic E-state index is 12.6. The van der Waals surface area contributed by atoms with Gasteiger partial charge in [0, 0.05) is 43.9 Å². The van der Waals surface area contributed by atoms with E-state index in [1.807, 2.05) is 34.5 Å². The van der Waals surface area contributed by atoms with Crippen LogP contribution in [0.1, 0.15) is 11.4 Å². The molecule has 0 aliphatic carbocycles. The summed E-state index contributed by atoms with van der Waals surface area (Å²) in [6, 6.07) is 9.42. The van der Waals surface area contributed by atoms with Crippen molar-refractivity contribution in [2.75, 3.05) is 40.4 Å². The van der Waals surface area contributed by atoms with E-state index >= 15 is 0 Å². The minimum absolute atomic E-state index is 0.0166. The lowest BCUT2D eigenvalue weighted by Gasteiger charge is -2.33. The average Bonchev–Trinajstić information content (AvgIpc) is 3.50. The van der Waals surface area contributed by atoms with Crippen LogP contribution in [0.4, 0.5) is 0 Å². The molecule has 162 valence electrons. The standard InChI is InChI=1S/C22H24N4O4S/c1-28-17-7-5-16(18(14-17)29-2)6-8-21(27)26-11-9-25(10-12-26)15-20-23-22(30-24-20)19-4-3-13-31-19/h3-8,13-14H,9-12,15H2,1-2H3. The summed E-state index contributed by atoms with van der Waals surface area (Å²) in [7, 11) is 3.20. The van der Waals surface area contributed by atoms with E-state index in [4.69, 9.17) is 14.0 Å². The number of carbonyl (C=O) groups is 1. The second-order valence-electron chi connectivity index (χ2n) is 7.04. The second kappa shape index (κ2) is 9.76. The largest absolute Gasteiger partial charge is 0.497 e. The van der Waals surface area contributed by atoms with Crippen molar-refractivity contribution < 1.29 is 18.8 Å². The van der Waals surface area contributed by atoms with Crippen LogP contribution in [0.25, 0.3) is 16.8 Å². The Morgan fingerprint density at radius 3 is 2.74 bits per heavy atom. The van der Waals surface area contributed by atoms with Crippen LogP contribution in [0.2, 0.25) is 0 Å². The molecule has 0 saturated carbocycles. The van der Waals surface area contributed by atoms with Crippen molar-refractivity contribution in [2.45, 2.75) is 6.54 Å². The molecule has 4 rings (SSSR count). The van der Waals surface area contributed by atoms with Gasteiger partial charge in [-0.3, -0.25) is 9.69 Å². The number of benzene rings is 1. The van der Waals surface area contributed by atoms with Crippen molar-refractivity contribution in [2.24, 2.45) is 0 Å². The van der Waals surface area contributed by atoms with Crippen LogP contribution >= 0.6 is 11.3 Å². The molecule has 3 heterocycles. The number of nitrogens with zero attached hydrogens (tertiary/aromatic N) is 4. The molecule has 1 aliphatic heterocycles. The fraction of sp³-hybridized carbons (Fsp3) is 0.318. The molecule has 0 atom stereocenters. The Morgan fingerprint density at radius 2 is 2.03 bits per heavy atom. The third-order valence-electron chi connectivity index (χ3n) is 5.10. The topological polar surface area (TPSA) is 80.9 Å². The number of carbonyl (C=O) groups excluding carboxylic acids is 1. The molecule has 8 nitrogen and oxygen atoms in total. The van der Waals surface area contributed by atoms with Crippen molar-refractivity contribution in [3.05, 3.63) is 53.2 Å². The Balaban J connectivity index is 1.29. The second-order valence-corrected chi connectivity index (χ2v) is 7.98. The van der Waals surface area contributed by atoms with Crippen LogP contribution in [0.3, 0.4) is 0 Å². The number of methoxy groups -OCH3 is 2. The summed E-state index contributed by atoms with van der Waals surface area (Å²) < 4.78 is 15.9. The summed E-state index contributed by atoms with van der Waals surface area (Å²) in [5.74, 6) is 2.57. The Labute approximate surface area is 184 Å². The molecule has 31 heavy (non-hydrogen) atoms.